The average molecular weight is 347 g/mol. The third-order valence-corrected chi connectivity index (χ3v) is 4.31. The number of benzene rings is 2. The van der Waals surface area contributed by atoms with Gasteiger partial charge < -0.3 is 29.2 Å². The molecule has 2 aromatic carbocycles. The molecule has 0 bridgehead atoms. The summed E-state index contributed by atoms with van der Waals surface area (Å²) < 4.78 is 24.6. The molecule has 0 saturated carbocycles. The minimum atomic E-state index is 0.528. The molecule has 3 aromatic rings. The molecule has 0 aliphatic rings. The molecule has 1 aromatic heterocycles. The van der Waals surface area contributed by atoms with Crippen molar-refractivity contribution in [3.8, 4) is 17.2 Å². The number of hydrogen-bond donors (Lipinski definition) is 2. The Kier molecular flexibility index (Phi) is 4.57. The van der Waals surface area contributed by atoms with Gasteiger partial charge in [-0.15, -0.1) is 0 Å². The molecule has 0 unspecified atom stereocenters. The van der Waals surface area contributed by atoms with Crippen LogP contribution in [0.2, 0.25) is 0 Å². The molecule has 0 saturated heterocycles. The molecule has 0 amide bonds. The first-order chi connectivity index (χ1) is 11.7. The smallest absolute Gasteiger partial charge is 0.191 e. The van der Waals surface area contributed by atoms with Crippen molar-refractivity contribution >= 4 is 34.4 Å². The molecule has 0 spiro atoms. The first-order valence-electron chi connectivity index (χ1n) is 7.04. The third-order valence-electron chi connectivity index (χ3n) is 3.41. The van der Waals surface area contributed by atoms with Gasteiger partial charge in [-0.1, -0.05) is 11.2 Å². The van der Waals surface area contributed by atoms with E-state index in [-0.39, 0.29) is 0 Å². The molecule has 1 heterocycles. The van der Waals surface area contributed by atoms with Crippen molar-refractivity contribution in [1.82, 2.24) is 5.16 Å². The van der Waals surface area contributed by atoms with Crippen LogP contribution in [0.3, 0.4) is 0 Å². The van der Waals surface area contributed by atoms with Crippen LogP contribution in [0.1, 0.15) is 0 Å². The number of fused-ring (bicyclic) bond motifs is 1. The maximum atomic E-state index is 5.82. The summed E-state index contributed by atoms with van der Waals surface area (Å²) in [7, 11) is 4.79. The lowest BCUT2D eigenvalue weighted by Crippen LogP contribution is -1.95. The molecule has 3 N–H and O–H groups in total. The maximum Gasteiger partial charge on any atom is 0.191 e. The van der Waals surface area contributed by atoms with Gasteiger partial charge in [0, 0.05) is 17.8 Å². The zero-order valence-corrected chi connectivity index (χ0v) is 14.3. The van der Waals surface area contributed by atoms with E-state index in [1.165, 1.54) is 11.9 Å². The Labute approximate surface area is 143 Å². The van der Waals surface area contributed by atoms with Crippen LogP contribution in [0.4, 0.5) is 11.5 Å². The average Bonchev–Trinajstić information content (AvgIpc) is 3.01. The number of anilines is 2. The fourth-order valence-electron chi connectivity index (χ4n) is 2.30. The van der Waals surface area contributed by atoms with Gasteiger partial charge in [0.05, 0.1) is 21.3 Å². The normalized spacial score (nSPS) is 10.6. The summed E-state index contributed by atoms with van der Waals surface area (Å²) in [5.74, 6) is 2.49. The van der Waals surface area contributed by atoms with Crippen LogP contribution in [-0.2, 0) is 0 Å². The van der Waals surface area contributed by atoms with E-state index in [1.807, 2.05) is 18.2 Å². The maximum absolute atomic E-state index is 5.82. The number of nitrogens with zero attached hydrogens (tertiary/aromatic N) is 1. The van der Waals surface area contributed by atoms with E-state index in [2.05, 4.69) is 9.88 Å². The number of methoxy groups -OCH3 is 3. The number of hydrogen-bond acceptors (Lipinski definition) is 8. The van der Waals surface area contributed by atoms with Crippen molar-refractivity contribution in [2.24, 2.45) is 0 Å². The van der Waals surface area contributed by atoms with E-state index >= 15 is 0 Å². The summed E-state index contributed by atoms with van der Waals surface area (Å²) >= 11 is 1.31. The van der Waals surface area contributed by atoms with Crippen LogP contribution in [0.15, 0.2) is 39.8 Å². The molecule has 3 rings (SSSR count). The zero-order valence-electron chi connectivity index (χ0n) is 13.5. The van der Waals surface area contributed by atoms with Crippen molar-refractivity contribution in [2.45, 2.75) is 4.90 Å². The van der Waals surface area contributed by atoms with Gasteiger partial charge in [0.2, 0.25) is 0 Å². The lowest BCUT2D eigenvalue weighted by molar-refractivity contribution is 0.376. The van der Waals surface area contributed by atoms with Gasteiger partial charge in [-0.2, -0.15) is 0 Å². The number of ether oxygens (including phenoxy) is 3. The monoisotopic (exact) mass is 347 g/mol. The van der Waals surface area contributed by atoms with Gasteiger partial charge in [0.15, 0.2) is 11.4 Å². The summed E-state index contributed by atoms with van der Waals surface area (Å²) in [6.45, 7) is 0. The van der Waals surface area contributed by atoms with Crippen molar-refractivity contribution in [3.05, 3.63) is 30.3 Å². The fourth-order valence-corrected chi connectivity index (χ4v) is 3.15. The zero-order chi connectivity index (χ0) is 17.1. The van der Waals surface area contributed by atoms with Crippen LogP contribution in [0, 0.1) is 0 Å². The summed E-state index contributed by atoms with van der Waals surface area (Å²) in [6, 6.07) is 8.99. The second-order valence-corrected chi connectivity index (χ2v) is 5.64. The Bertz CT molecular complexity index is 844. The standard InChI is InChI=1S/C16H17N3O4S/c1-20-10-5-4-6-11(21-2)15(10)24-19-16-14-12(22-3)7-9(17)8-13(14)23-18-16/h4-8H,17H2,1-3H3,(H,18,19). The molecule has 24 heavy (non-hydrogen) atoms. The molecule has 126 valence electrons. The van der Waals surface area contributed by atoms with E-state index in [4.69, 9.17) is 24.5 Å². The van der Waals surface area contributed by atoms with Crippen molar-refractivity contribution in [1.29, 1.82) is 0 Å². The Morgan fingerprint density at radius 2 is 1.71 bits per heavy atom. The Morgan fingerprint density at radius 3 is 2.33 bits per heavy atom. The summed E-state index contributed by atoms with van der Waals surface area (Å²) in [4.78, 5) is 0.799. The van der Waals surface area contributed by atoms with E-state index in [0.717, 1.165) is 4.90 Å². The fraction of sp³-hybridized carbons (Fsp3) is 0.188. The Balaban J connectivity index is 1.95. The van der Waals surface area contributed by atoms with Crippen LogP contribution in [0.25, 0.3) is 11.0 Å². The lowest BCUT2D eigenvalue weighted by Gasteiger charge is -2.12. The molecule has 8 heteroatoms. The predicted octanol–water partition coefficient (Wildman–Crippen LogP) is 3.56. The Hall–Kier alpha value is -2.74. The molecular formula is C16H17N3O4S. The van der Waals surface area contributed by atoms with Gasteiger partial charge in [-0.3, -0.25) is 0 Å². The molecule has 0 fully saturated rings. The minimum Gasteiger partial charge on any atom is -0.496 e. The highest BCUT2D eigenvalue weighted by Crippen LogP contribution is 2.40. The predicted molar refractivity (Wildman–Crippen MR) is 94.0 cm³/mol. The van der Waals surface area contributed by atoms with E-state index in [9.17, 15) is 0 Å². The lowest BCUT2D eigenvalue weighted by atomic mass is 10.2. The first-order valence-corrected chi connectivity index (χ1v) is 7.86. The van der Waals surface area contributed by atoms with Gasteiger partial charge in [-0.25, -0.2) is 0 Å². The molecule has 0 atom stereocenters. The van der Waals surface area contributed by atoms with Crippen LogP contribution in [-0.4, -0.2) is 26.5 Å². The van der Waals surface area contributed by atoms with Gasteiger partial charge in [-0.05, 0) is 24.1 Å². The molecule has 0 aliphatic heterocycles. The van der Waals surface area contributed by atoms with Crippen molar-refractivity contribution < 1.29 is 18.7 Å². The topological polar surface area (TPSA) is 91.8 Å². The van der Waals surface area contributed by atoms with Crippen LogP contribution in [0.5, 0.6) is 17.2 Å². The second-order valence-electron chi connectivity index (χ2n) is 4.82. The van der Waals surface area contributed by atoms with E-state index in [0.29, 0.717) is 39.7 Å². The van der Waals surface area contributed by atoms with Crippen LogP contribution >= 0.6 is 11.9 Å². The van der Waals surface area contributed by atoms with Gasteiger partial charge >= 0.3 is 0 Å². The number of aromatic nitrogens is 1. The summed E-state index contributed by atoms with van der Waals surface area (Å²) in [5.41, 5.74) is 6.91. The van der Waals surface area contributed by atoms with Crippen molar-refractivity contribution in [2.75, 3.05) is 31.8 Å². The second kappa shape index (κ2) is 6.79. The van der Waals surface area contributed by atoms with E-state index in [1.54, 1.807) is 33.5 Å². The number of nitrogen functional groups attached to an aromatic ring is 1. The van der Waals surface area contributed by atoms with Crippen LogP contribution < -0.4 is 24.7 Å². The highest BCUT2D eigenvalue weighted by Gasteiger charge is 2.17. The molecule has 0 aliphatic carbocycles. The highest BCUT2D eigenvalue weighted by atomic mass is 32.2. The number of nitrogens with two attached hydrogens (primary N) is 1. The number of nitrogens with one attached hydrogen (secondary N) is 1. The molecule has 7 nitrogen and oxygen atoms in total. The SMILES string of the molecule is COc1cccc(OC)c1SNc1noc2cc(N)cc(OC)c12. The quantitative estimate of drug-likeness (QED) is 0.517. The van der Waals surface area contributed by atoms with Crippen molar-refractivity contribution in [3.63, 3.8) is 0 Å². The minimum absolute atomic E-state index is 0.528. The summed E-state index contributed by atoms with van der Waals surface area (Å²) in [5, 5.41) is 4.76. The van der Waals surface area contributed by atoms with Gasteiger partial charge in [0.25, 0.3) is 0 Å². The Morgan fingerprint density at radius 1 is 1.04 bits per heavy atom. The molecule has 0 radical (unpaired) electrons. The van der Waals surface area contributed by atoms with Gasteiger partial charge in [0.1, 0.15) is 27.5 Å². The third kappa shape index (κ3) is 2.88. The number of rotatable bonds is 6. The summed E-state index contributed by atoms with van der Waals surface area (Å²) in [6.07, 6.45) is 0. The first kappa shape index (κ1) is 16.1. The van der Waals surface area contributed by atoms with E-state index < -0.39 is 0 Å². The highest BCUT2D eigenvalue weighted by molar-refractivity contribution is 8.00. The largest absolute Gasteiger partial charge is 0.496 e. The molecular weight excluding hydrogens is 330 g/mol.